The van der Waals surface area contributed by atoms with Crippen molar-refractivity contribution in [3.05, 3.63) is 29.3 Å². The van der Waals surface area contributed by atoms with Crippen molar-refractivity contribution in [2.24, 2.45) is 5.92 Å². The van der Waals surface area contributed by atoms with Crippen molar-refractivity contribution in [1.82, 2.24) is 0 Å². The van der Waals surface area contributed by atoms with Gasteiger partial charge < -0.3 is 4.74 Å². The first-order valence-corrected chi connectivity index (χ1v) is 6.85. The lowest BCUT2D eigenvalue weighted by Crippen LogP contribution is -2.04. The van der Waals surface area contributed by atoms with Gasteiger partial charge >= 0.3 is 0 Å². The Morgan fingerprint density at radius 1 is 1.24 bits per heavy atom. The summed E-state index contributed by atoms with van der Waals surface area (Å²) < 4.78 is 5.70. The van der Waals surface area contributed by atoms with Gasteiger partial charge in [-0.3, -0.25) is 0 Å². The van der Waals surface area contributed by atoms with Crippen molar-refractivity contribution in [2.45, 2.75) is 51.9 Å². The maximum atomic E-state index is 5.70. The number of benzene rings is 1. The lowest BCUT2D eigenvalue weighted by molar-refractivity contribution is 0.395. The molecule has 1 aliphatic carbocycles. The molecule has 0 spiro atoms. The molecule has 2 atom stereocenters. The van der Waals surface area contributed by atoms with Crippen molar-refractivity contribution in [2.75, 3.05) is 7.11 Å². The summed E-state index contributed by atoms with van der Waals surface area (Å²) in [4.78, 5) is 0. The highest BCUT2D eigenvalue weighted by atomic mass is 16.5. The van der Waals surface area contributed by atoms with Gasteiger partial charge in [-0.2, -0.15) is 0 Å². The second-order valence-electron chi connectivity index (χ2n) is 5.41. The molecule has 0 radical (unpaired) electrons. The van der Waals surface area contributed by atoms with Crippen LogP contribution in [0.4, 0.5) is 0 Å². The number of ether oxygens (including phenoxy) is 1. The second kappa shape index (κ2) is 5.12. The lowest BCUT2D eigenvalue weighted by Gasteiger charge is -2.21. The van der Waals surface area contributed by atoms with Crippen LogP contribution in [0.3, 0.4) is 0 Å². The smallest absolute Gasteiger partial charge is 0.125 e. The summed E-state index contributed by atoms with van der Waals surface area (Å²) in [5.41, 5.74) is 2.78. The Morgan fingerprint density at radius 3 is 2.41 bits per heavy atom. The Kier molecular flexibility index (Phi) is 3.76. The molecule has 0 aliphatic heterocycles. The average Bonchev–Trinajstić information content (AvgIpc) is 3.20. The first-order valence-electron chi connectivity index (χ1n) is 6.85. The molecule has 1 aliphatic rings. The Balaban J connectivity index is 2.37. The summed E-state index contributed by atoms with van der Waals surface area (Å²) in [6, 6.07) is 6.65. The molecular weight excluding hydrogens is 208 g/mol. The van der Waals surface area contributed by atoms with E-state index < -0.39 is 0 Å². The van der Waals surface area contributed by atoms with E-state index in [4.69, 9.17) is 4.74 Å². The zero-order valence-corrected chi connectivity index (χ0v) is 11.5. The van der Waals surface area contributed by atoms with E-state index in [0.29, 0.717) is 11.8 Å². The third-order valence-electron chi connectivity index (χ3n) is 4.24. The van der Waals surface area contributed by atoms with Crippen LogP contribution in [0.25, 0.3) is 0 Å². The fourth-order valence-electron chi connectivity index (χ4n) is 2.63. The topological polar surface area (TPSA) is 9.23 Å². The van der Waals surface area contributed by atoms with Crippen LogP contribution in [-0.2, 0) is 0 Å². The number of rotatable bonds is 5. The molecule has 1 aromatic carbocycles. The summed E-state index contributed by atoms with van der Waals surface area (Å²) >= 11 is 0. The molecule has 1 aromatic rings. The number of para-hydroxylation sites is 1. The predicted molar refractivity (Wildman–Crippen MR) is 72.8 cm³/mol. The first kappa shape index (κ1) is 12.5. The van der Waals surface area contributed by atoms with Gasteiger partial charge in [0, 0.05) is 0 Å². The van der Waals surface area contributed by atoms with Gasteiger partial charge in [0.2, 0.25) is 0 Å². The molecule has 1 fully saturated rings. The van der Waals surface area contributed by atoms with E-state index >= 15 is 0 Å². The molecule has 1 heteroatoms. The summed E-state index contributed by atoms with van der Waals surface area (Å²) in [7, 11) is 1.81. The largest absolute Gasteiger partial charge is 0.496 e. The van der Waals surface area contributed by atoms with Crippen LogP contribution < -0.4 is 4.74 Å². The van der Waals surface area contributed by atoms with Gasteiger partial charge in [-0.1, -0.05) is 39.0 Å². The molecule has 17 heavy (non-hydrogen) atoms. The highest BCUT2D eigenvalue weighted by Gasteiger charge is 2.31. The molecule has 0 saturated heterocycles. The van der Waals surface area contributed by atoms with Gasteiger partial charge in [-0.15, -0.1) is 0 Å². The van der Waals surface area contributed by atoms with Crippen molar-refractivity contribution in [3.63, 3.8) is 0 Å². The minimum Gasteiger partial charge on any atom is -0.496 e. The van der Waals surface area contributed by atoms with E-state index in [1.165, 1.54) is 24.0 Å². The molecule has 0 heterocycles. The van der Waals surface area contributed by atoms with Gasteiger partial charge in [0.15, 0.2) is 0 Å². The summed E-state index contributed by atoms with van der Waals surface area (Å²) in [5, 5.41) is 0. The van der Waals surface area contributed by atoms with Crippen LogP contribution >= 0.6 is 0 Å². The van der Waals surface area contributed by atoms with Gasteiger partial charge in [0.25, 0.3) is 0 Å². The van der Waals surface area contributed by atoms with Crippen molar-refractivity contribution >= 4 is 0 Å². The predicted octanol–water partition coefficient (Wildman–Crippen LogP) is 4.72. The van der Waals surface area contributed by atoms with Crippen molar-refractivity contribution < 1.29 is 4.74 Å². The fraction of sp³-hybridized carbons (Fsp3) is 0.625. The van der Waals surface area contributed by atoms with E-state index in [2.05, 4.69) is 39.0 Å². The Hall–Kier alpha value is -0.980. The van der Waals surface area contributed by atoms with E-state index in [1.54, 1.807) is 0 Å². The quantitative estimate of drug-likeness (QED) is 0.713. The van der Waals surface area contributed by atoms with Crippen molar-refractivity contribution in [1.29, 1.82) is 0 Å². The highest BCUT2D eigenvalue weighted by molar-refractivity contribution is 5.45. The summed E-state index contributed by atoms with van der Waals surface area (Å²) in [5.74, 6) is 3.25. The third kappa shape index (κ3) is 2.48. The second-order valence-corrected chi connectivity index (χ2v) is 5.41. The highest BCUT2D eigenvalue weighted by Crippen LogP contribution is 2.46. The van der Waals surface area contributed by atoms with Crippen LogP contribution in [0.1, 0.15) is 63.0 Å². The van der Waals surface area contributed by atoms with Gasteiger partial charge in [-0.05, 0) is 48.1 Å². The molecule has 0 aromatic heterocycles. The zero-order chi connectivity index (χ0) is 12.4. The normalized spacial score (nSPS) is 18.8. The minimum absolute atomic E-state index is 0.580. The molecule has 2 rings (SSSR count). The van der Waals surface area contributed by atoms with Crippen molar-refractivity contribution in [3.8, 4) is 5.75 Å². The average molecular weight is 232 g/mol. The van der Waals surface area contributed by atoms with E-state index in [1.807, 2.05) is 7.11 Å². The molecule has 0 N–H and O–H groups in total. The lowest BCUT2D eigenvalue weighted by atomic mass is 9.89. The SMILES string of the molecule is CCC(C)c1cccc(C(C)C2CC2)c1OC. The Bertz CT molecular complexity index is 379. The van der Waals surface area contributed by atoms with Crippen LogP contribution in [0.15, 0.2) is 18.2 Å². The summed E-state index contributed by atoms with van der Waals surface area (Å²) in [6.07, 6.45) is 3.94. The van der Waals surface area contributed by atoms with Crippen LogP contribution in [0.2, 0.25) is 0 Å². The summed E-state index contributed by atoms with van der Waals surface area (Å²) in [6.45, 7) is 6.86. The third-order valence-corrected chi connectivity index (χ3v) is 4.24. The fourth-order valence-corrected chi connectivity index (χ4v) is 2.63. The van der Waals surface area contributed by atoms with Gasteiger partial charge in [0.1, 0.15) is 5.75 Å². The standard InChI is InChI=1S/C16H24O/c1-5-11(2)14-7-6-8-15(16(14)17-4)12(3)13-9-10-13/h6-8,11-13H,5,9-10H2,1-4H3. The van der Waals surface area contributed by atoms with E-state index in [0.717, 1.165) is 18.1 Å². The molecule has 1 nitrogen and oxygen atoms in total. The van der Waals surface area contributed by atoms with Crippen LogP contribution in [-0.4, -0.2) is 7.11 Å². The van der Waals surface area contributed by atoms with Crippen LogP contribution in [0, 0.1) is 5.92 Å². The Morgan fingerprint density at radius 2 is 1.88 bits per heavy atom. The zero-order valence-electron chi connectivity index (χ0n) is 11.5. The molecular formula is C16H24O. The molecule has 2 unspecified atom stereocenters. The van der Waals surface area contributed by atoms with E-state index in [9.17, 15) is 0 Å². The maximum absolute atomic E-state index is 5.70. The molecule has 1 saturated carbocycles. The molecule has 94 valence electrons. The minimum atomic E-state index is 0.580. The molecule has 0 bridgehead atoms. The first-order chi connectivity index (χ1) is 8.19. The number of methoxy groups -OCH3 is 1. The monoisotopic (exact) mass is 232 g/mol. The maximum Gasteiger partial charge on any atom is 0.125 e. The van der Waals surface area contributed by atoms with Gasteiger partial charge in [-0.25, -0.2) is 0 Å². The Labute approximate surface area is 105 Å². The number of hydrogen-bond acceptors (Lipinski definition) is 1. The number of hydrogen-bond donors (Lipinski definition) is 0. The van der Waals surface area contributed by atoms with Gasteiger partial charge in [0.05, 0.1) is 7.11 Å². The van der Waals surface area contributed by atoms with E-state index in [-0.39, 0.29) is 0 Å². The molecule has 0 amide bonds. The van der Waals surface area contributed by atoms with Crippen LogP contribution in [0.5, 0.6) is 5.75 Å².